The highest BCUT2D eigenvalue weighted by Gasteiger charge is 2.08. The van der Waals surface area contributed by atoms with Crippen LogP contribution >= 0.6 is 0 Å². The first-order valence-corrected chi connectivity index (χ1v) is 11.2. The van der Waals surface area contributed by atoms with E-state index in [1.54, 1.807) is 0 Å². The Morgan fingerprint density at radius 3 is 0.824 bits per heavy atom. The van der Waals surface area contributed by atoms with Crippen LogP contribution in [0.1, 0.15) is 36.1 Å². The van der Waals surface area contributed by atoms with Crippen molar-refractivity contribution < 1.29 is 0 Å². The molecule has 0 radical (unpaired) electrons. The van der Waals surface area contributed by atoms with Gasteiger partial charge in [-0.1, -0.05) is 121 Å². The van der Waals surface area contributed by atoms with Gasteiger partial charge in [-0.15, -0.1) is 10.2 Å². The average Bonchev–Trinajstić information content (AvgIpc) is 2.91. The normalized spacial score (nSPS) is 11.6. The van der Waals surface area contributed by atoms with Crippen LogP contribution in [0.25, 0.3) is 0 Å². The first-order chi connectivity index (χ1) is 16.7. The molecule has 34 heavy (non-hydrogen) atoms. The van der Waals surface area contributed by atoms with Crippen LogP contribution in [0.3, 0.4) is 0 Å². The van der Waals surface area contributed by atoms with Crippen LogP contribution in [0.2, 0.25) is 0 Å². The SMILES string of the molecule is CC(=NN=C(c1ccccc1)c1ccccc1)C(C)=NN=C(c1ccccc1)c1ccccc1. The number of benzene rings is 4. The molecular weight excluding hydrogens is 416 g/mol. The number of hydrogen-bond acceptors (Lipinski definition) is 4. The molecule has 4 rings (SSSR count). The predicted molar refractivity (Wildman–Crippen MR) is 143 cm³/mol. The maximum atomic E-state index is 4.60. The summed E-state index contributed by atoms with van der Waals surface area (Å²) in [5.74, 6) is 0. The van der Waals surface area contributed by atoms with Gasteiger partial charge in [0.25, 0.3) is 0 Å². The lowest BCUT2D eigenvalue weighted by Crippen LogP contribution is -2.08. The summed E-state index contributed by atoms with van der Waals surface area (Å²) < 4.78 is 0. The Kier molecular flexibility index (Phi) is 7.65. The monoisotopic (exact) mass is 442 g/mol. The molecule has 4 heteroatoms. The third kappa shape index (κ3) is 5.87. The smallest absolute Gasteiger partial charge is 0.100 e. The predicted octanol–water partition coefficient (Wildman–Crippen LogP) is 6.81. The topological polar surface area (TPSA) is 49.4 Å². The van der Waals surface area contributed by atoms with Gasteiger partial charge in [0.05, 0.1) is 11.4 Å². The number of hydrogen-bond donors (Lipinski definition) is 0. The second-order valence-corrected chi connectivity index (χ2v) is 7.73. The highest BCUT2D eigenvalue weighted by molar-refractivity contribution is 6.40. The van der Waals surface area contributed by atoms with E-state index < -0.39 is 0 Å². The lowest BCUT2D eigenvalue weighted by Gasteiger charge is -2.06. The van der Waals surface area contributed by atoms with Gasteiger partial charge in [0.15, 0.2) is 0 Å². The van der Waals surface area contributed by atoms with Crippen molar-refractivity contribution >= 4 is 22.8 Å². The van der Waals surface area contributed by atoms with Gasteiger partial charge in [-0.3, -0.25) is 0 Å². The summed E-state index contributed by atoms with van der Waals surface area (Å²) in [7, 11) is 0. The molecule has 0 bridgehead atoms. The first kappa shape index (κ1) is 22.7. The van der Waals surface area contributed by atoms with Gasteiger partial charge in [0.2, 0.25) is 0 Å². The van der Waals surface area contributed by atoms with Crippen molar-refractivity contribution in [2.75, 3.05) is 0 Å². The molecule has 0 spiro atoms. The Hall–Kier alpha value is -4.44. The van der Waals surface area contributed by atoms with E-state index in [2.05, 4.69) is 20.4 Å². The van der Waals surface area contributed by atoms with Crippen molar-refractivity contribution in [3.63, 3.8) is 0 Å². The summed E-state index contributed by atoms with van der Waals surface area (Å²) in [6, 6.07) is 40.3. The van der Waals surface area contributed by atoms with Gasteiger partial charge in [0, 0.05) is 22.3 Å². The quantitative estimate of drug-likeness (QED) is 0.223. The van der Waals surface area contributed by atoms with Crippen LogP contribution in [0.15, 0.2) is 142 Å². The molecule has 0 atom stereocenters. The lowest BCUT2D eigenvalue weighted by atomic mass is 10.0. The van der Waals surface area contributed by atoms with E-state index in [1.165, 1.54) is 0 Å². The molecule has 0 aliphatic heterocycles. The molecule has 0 heterocycles. The minimum Gasteiger partial charge on any atom is -0.153 e. The van der Waals surface area contributed by atoms with Crippen LogP contribution in [-0.4, -0.2) is 22.8 Å². The summed E-state index contributed by atoms with van der Waals surface area (Å²) in [6.45, 7) is 3.80. The highest BCUT2D eigenvalue weighted by atomic mass is 15.2. The Morgan fingerprint density at radius 2 is 0.588 bits per heavy atom. The molecule has 0 aromatic heterocycles. The highest BCUT2D eigenvalue weighted by Crippen LogP contribution is 2.13. The summed E-state index contributed by atoms with van der Waals surface area (Å²) in [6.07, 6.45) is 0. The van der Waals surface area contributed by atoms with E-state index >= 15 is 0 Å². The van der Waals surface area contributed by atoms with E-state index in [1.807, 2.05) is 135 Å². The third-order valence-electron chi connectivity index (χ3n) is 5.31. The zero-order chi connectivity index (χ0) is 23.6. The molecule has 0 unspecified atom stereocenters. The van der Waals surface area contributed by atoms with Gasteiger partial charge in [0.1, 0.15) is 11.4 Å². The minimum absolute atomic E-state index is 0.702. The summed E-state index contributed by atoms with van der Waals surface area (Å²) in [5, 5.41) is 18.2. The zero-order valence-corrected chi connectivity index (χ0v) is 19.3. The zero-order valence-electron chi connectivity index (χ0n) is 19.3. The molecule has 0 fully saturated rings. The Balaban J connectivity index is 1.68. The van der Waals surface area contributed by atoms with Gasteiger partial charge < -0.3 is 0 Å². The fourth-order valence-corrected chi connectivity index (χ4v) is 3.34. The number of rotatable bonds is 7. The fourth-order valence-electron chi connectivity index (χ4n) is 3.34. The van der Waals surface area contributed by atoms with Crippen molar-refractivity contribution in [2.24, 2.45) is 20.4 Å². The molecule has 0 aliphatic rings. The van der Waals surface area contributed by atoms with E-state index in [4.69, 9.17) is 0 Å². The second kappa shape index (κ2) is 11.4. The molecule has 4 aromatic rings. The molecule has 0 aliphatic carbocycles. The van der Waals surface area contributed by atoms with Crippen molar-refractivity contribution in [3.05, 3.63) is 144 Å². The molecular formula is C30H26N4. The van der Waals surface area contributed by atoms with Gasteiger partial charge in [-0.2, -0.15) is 10.2 Å². The molecule has 4 nitrogen and oxygen atoms in total. The van der Waals surface area contributed by atoms with Crippen molar-refractivity contribution in [1.82, 2.24) is 0 Å². The fraction of sp³-hybridized carbons (Fsp3) is 0.0667. The van der Waals surface area contributed by atoms with Crippen LogP contribution in [0.5, 0.6) is 0 Å². The summed E-state index contributed by atoms with van der Waals surface area (Å²) >= 11 is 0. The second-order valence-electron chi connectivity index (χ2n) is 7.73. The van der Waals surface area contributed by atoms with Crippen LogP contribution in [0, 0.1) is 0 Å². The van der Waals surface area contributed by atoms with Crippen LogP contribution in [-0.2, 0) is 0 Å². The maximum Gasteiger partial charge on any atom is 0.100 e. The molecule has 0 N–H and O–H groups in total. The van der Waals surface area contributed by atoms with Gasteiger partial charge in [-0.25, -0.2) is 0 Å². The van der Waals surface area contributed by atoms with Gasteiger partial charge >= 0.3 is 0 Å². The Labute approximate surface area is 200 Å². The van der Waals surface area contributed by atoms with Crippen molar-refractivity contribution in [2.45, 2.75) is 13.8 Å². The van der Waals surface area contributed by atoms with Crippen LogP contribution < -0.4 is 0 Å². The molecule has 4 aromatic carbocycles. The maximum absolute atomic E-state index is 4.60. The Morgan fingerprint density at radius 1 is 0.353 bits per heavy atom. The van der Waals surface area contributed by atoms with Crippen LogP contribution in [0.4, 0.5) is 0 Å². The average molecular weight is 443 g/mol. The lowest BCUT2D eigenvalue weighted by molar-refractivity contribution is 1.21. The van der Waals surface area contributed by atoms with E-state index in [0.29, 0.717) is 11.4 Å². The summed E-state index contributed by atoms with van der Waals surface area (Å²) in [5.41, 5.74) is 7.06. The standard InChI is InChI=1S/C30H26N4/c1-23(31-33-29(25-15-7-3-8-16-25)26-17-9-4-10-18-26)24(2)32-34-30(27-19-11-5-12-20-27)28-21-13-6-14-22-28/h3-22H,1-2H3. The largest absolute Gasteiger partial charge is 0.153 e. The summed E-state index contributed by atoms with van der Waals surface area (Å²) in [4.78, 5) is 0. The Bertz CT molecular complexity index is 1130. The van der Waals surface area contributed by atoms with E-state index in [0.717, 1.165) is 33.7 Å². The first-order valence-electron chi connectivity index (χ1n) is 11.2. The third-order valence-corrected chi connectivity index (χ3v) is 5.31. The molecule has 166 valence electrons. The molecule has 0 amide bonds. The van der Waals surface area contributed by atoms with Gasteiger partial charge in [-0.05, 0) is 13.8 Å². The van der Waals surface area contributed by atoms with E-state index in [-0.39, 0.29) is 0 Å². The number of nitrogens with zero attached hydrogens (tertiary/aromatic N) is 4. The van der Waals surface area contributed by atoms with Crippen molar-refractivity contribution in [3.8, 4) is 0 Å². The van der Waals surface area contributed by atoms with E-state index in [9.17, 15) is 0 Å². The molecule has 0 saturated carbocycles. The molecule has 0 saturated heterocycles. The van der Waals surface area contributed by atoms with Crippen molar-refractivity contribution in [1.29, 1.82) is 0 Å². The minimum atomic E-state index is 0.702.